The summed E-state index contributed by atoms with van der Waals surface area (Å²) < 4.78 is 4.85. The molecular formula is C8H18N2O2. The second-order valence-electron chi connectivity index (χ2n) is 3.57. The van der Waals surface area contributed by atoms with Gasteiger partial charge in [0.2, 0.25) is 0 Å². The average Bonchev–Trinajstić information content (AvgIpc) is 2.69. The Labute approximate surface area is 72.9 Å². The zero-order valence-corrected chi connectivity index (χ0v) is 7.33. The maximum Gasteiger partial charge on any atom is 0.0771 e. The zero-order chi connectivity index (χ0) is 9.03. The summed E-state index contributed by atoms with van der Waals surface area (Å²) in [5.41, 5.74) is 9.94. The molecule has 0 aromatic rings. The van der Waals surface area contributed by atoms with Crippen molar-refractivity contribution in [2.24, 2.45) is 17.4 Å². The highest BCUT2D eigenvalue weighted by molar-refractivity contribution is 4.93. The van der Waals surface area contributed by atoms with E-state index in [2.05, 4.69) is 0 Å². The Kier molecular flexibility index (Phi) is 3.46. The highest BCUT2D eigenvalue weighted by Gasteiger charge is 2.38. The van der Waals surface area contributed by atoms with Crippen molar-refractivity contribution in [1.29, 1.82) is 0 Å². The van der Waals surface area contributed by atoms with Crippen LogP contribution in [-0.2, 0) is 4.74 Å². The third kappa shape index (κ3) is 3.06. The summed E-state index contributed by atoms with van der Waals surface area (Å²) in [4.78, 5) is 0. The zero-order valence-electron chi connectivity index (χ0n) is 7.33. The normalized spacial score (nSPS) is 25.2. The number of nitrogens with two attached hydrogens (primary N) is 2. The fourth-order valence-electron chi connectivity index (χ4n) is 0.769. The summed E-state index contributed by atoms with van der Waals surface area (Å²) in [7, 11) is 0. The standard InChI is InChI=1S/2C4H9NO/c5-1-4-2-6-3-4;5-3-4(6)1-2-4/h4H,1-3,5H2;6H,1-3,5H2. The van der Waals surface area contributed by atoms with E-state index in [0.29, 0.717) is 12.5 Å². The molecule has 4 heteroatoms. The van der Waals surface area contributed by atoms with E-state index in [-0.39, 0.29) is 0 Å². The van der Waals surface area contributed by atoms with Crippen LogP contribution in [0.1, 0.15) is 12.8 Å². The predicted molar refractivity (Wildman–Crippen MR) is 46.6 cm³/mol. The molecule has 1 saturated carbocycles. The van der Waals surface area contributed by atoms with Crippen molar-refractivity contribution in [1.82, 2.24) is 0 Å². The highest BCUT2D eigenvalue weighted by atomic mass is 16.5. The first kappa shape index (κ1) is 9.92. The molecule has 2 fully saturated rings. The average molecular weight is 174 g/mol. The smallest absolute Gasteiger partial charge is 0.0771 e. The summed E-state index contributed by atoms with van der Waals surface area (Å²) in [6, 6.07) is 0. The maximum absolute atomic E-state index is 8.81. The Bertz CT molecular complexity index is 130. The first-order valence-corrected chi connectivity index (χ1v) is 4.40. The minimum Gasteiger partial charge on any atom is -0.389 e. The molecule has 0 atom stereocenters. The second kappa shape index (κ2) is 4.18. The second-order valence-corrected chi connectivity index (χ2v) is 3.57. The minimum absolute atomic E-state index is 0.431. The van der Waals surface area contributed by atoms with Gasteiger partial charge in [-0.3, -0.25) is 0 Å². The van der Waals surface area contributed by atoms with Gasteiger partial charge in [-0.15, -0.1) is 0 Å². The van der Waals surface area contributed by atoms with Crippen molar-refractivity contribution >= 4 is 0 Å². The van der Waals surface area contributed by atoms with E-state index in [1.807, 2.05) is 0 Å². The fraction of sp³-hybridized carbons (Fsp3) is 1.00. The van der Waals surface area contributed by atoms with E-state index in [1.165, 1.54) is 0 Å². The Morgan fingerprint density at radius 1 is 1.33 bits per heavy atom. The van der Waals surface area contributed by atoms with Crippen LogP contribution in [0.2, 0.25) is 0 Å². The Morgan fingerprint density at radius 2 is 1.92 bits per heavy atom. The Balaban J connectivity index is 0.000000120. The van der Waals surface area contributed by atoms with Crippen LogP contribution in [-0.4, -0.2) is 37.0 Å². The molecule has 0 bridgehead atoms. The van der Waals surface area contributed by atoms with E-state index in [0.717, 1.165) is 32.6 Å². The van der Waals surface area contributed by atoms with Crippen LogP contribution in [0.4, 0.5) is 0 Å². The van der Waals surface area contributed by atoms with Crippen LogP contribution in [0.25, 0.3) is 0 Å². The molecule has 1 aliphatic heterocycles. The number of hydrogen-bond donors (Lipinski definition) is 3. The summed E-state index contributed by atoms with van der Waals surface area (Å²) in [6.07, 6.45) is 1.81. The van der Waals surface area contributed by atoms with Crippen LogP contribution >= 0.6 is 0 Å². The van der Waals surface area contributed by atoms with Crippen LogP contribution < -0.4 is 11.5 Å². The molecule has 0 unspecified atom stereocenters. The number of rotatable bonds is 2. The van der Waals surface area contributed by atoms with Crippen molar-refractivity contribution in [3.63, 3.8) is 0 Å². The van der Waals surface area contributed by atoms with E-state index in [1.54, 1.807) is 0 Å². The fourth-order valence-corrected chi connectivity index (χ4v) is 0.769. The lowest BCUT2D eigenvalue weighted by atomic mass is 10.1. The molecule has 0 spiro atoms. The third-order valence-electron chi connectivity index (χ3n) is 2.25. The molecule has 12 heavy (non-hydrogen) atoms. The van der Waals surface area contributed by atoms with Crippen LogP contribution in [0.5, 0.6) is 0 Å². The van der Waals surface area contributed by atoms with Crippen LogP contribution in [0.3, 0.4) is 0 Å². The SMILES string of the molecule is NCC1(O)CC1.NCC1COC1. The minimum atomic E-state index is -0.431. The van der Waals surface area contributed by atoms with E-state index in [9.17, 15) is 0 Å². The third-order valence-corrected chi connectivity index (χ3v) is 2.25. The summed E-state index contributed by atoms with van der Waals surface area (Å²) >= 11 is 0. The molecular weight excluding hydrogens is 156 g/mol. The Morgan fingerprint density at radius 3 is 1.92 bits per heavy atom. The van der Waals surface area contributed by atoms with Crippen molar-refractivity contribution in [3.8, 4) is 0 Å². The largest absolute Gasteiger partial charge is 0.389 e. The van der Waals surface area contributed by atoms with Gasteiger partial charge in [-0.2, -0.15) is 0 Å². The number of aliphatic hydroxyl groups is 1. The lowest BCUT2D eigenvalue weighted by Crippen LogP contribution is -2.33. The van der Waals surface area contributed by atoms with E-state index < -0.39 is 5.60 Å². The molecule has 1 aliphatic carbocycles. The van der Waals surface area contributed by atoms with Gasteiger partial charge in [0.1, 0.15) is 0 Å². The van der Waals surface area contributed by atoms with Gasteiger partial charge >= 0.3 is 0 Å². The molecule has 0 amide bonds. The monoisotopic (exact) mass is 174 g/mol. The van der Waals surface area contributed by atoms with Gasteiger partial charge in [0.15, 0.2) is 0 Å². The molecule has 1 saturated heterocycles. The van der Waals surface area contributed by atoms with Gasteiger partial charge < -0.3 is 21.3 Å². The lowest BCUT2D eigenvalue weighted by molar-refractivity contribution is -0.0268. The van der Waals surface area contributed by atoms with E-state index >= 15 is 0 Å². The van der Waals surface area contributed by atoms with Crippen molar-refractivity contribution in [3.05, 3.63) is 0 Å². The Hall–Kier alpha value is -0.160. The lowest BCUT2D eigenvalue weighted by Gasteiger charge is -2.23. The highest BCUT2D eigenvalue weighted by Crippen LogP contribution is 2.32. The number of hydrogen-bond acceptors (Lipinski definition) is 4. The van der Waals surface area contributed by atoms with Crippen molar-refractivity contribution in [2.75, 3.05) is 26.3 Å². The molecule has 0 aromatic carbocycles. The molecule has 72 valence electrons. The molecule has 5 N–H and O–H groups in total. The number of ether oxygens (including phenoxy) is 1. The molecule has 2 aliphatic rings. The van der Waals surface area contributed by atoms with Crippen LogP contribution in [0.15, 0.2) is 0 Å². The summed E-state index contributed by atoms with van der Waals surface area (Å²) in [5, 5.41) is 8.81. The molecule has 1 heterocycles. The van der Waals surface area contributed by atoms with Crippen molar-refractivity contribution in [2.45, 2.75) is 18.4 Å². The van der Waals surface area contributed by atoms with Gasteiger partial charge in [-0.05, 0) is 19.4 Å². The van der Waals surface area contributed by atoms with Crippen LogP contribution in [0, 0.1) is 5.92 Å². The molecule has 0 radical (unpaired) electrons. The van der Waals surface area contributed by atoms with Gasteiger partial charge in [-0.25, -0.2) is 0 Å². The summed E-state index contributed by atoms with van der Waals surface area (Å²) in [5.74, 6) is 0.671. The van der Waals surface area contributed by atoms with Crippen molar-refractivity contribution < 1.29 is 9.84 Å². The van der Waals surface area contributed by atoms with Gasteiger partial charge in [0.05, 0.1) is 18.8 Å². The molecule has 4 nitrogen and oxygen atoms in total. The first-order valence-electron chi connectivity index (χ1n) is 4.40. The molecule has 0 aromatic heterocycles. The predicted octanol–water partition coefficient (Wildman–Crippen LogP) is -0.939. The first-order chi connectivity index (χ1) is 5.70. The molecule has 2 rings (SSSR count). The topological polar surface area (TPSA) is 81.5 Å². The van der Waals surface area contributed by atoms with Gasteiger partial charge in [0, 0.05) is 12.5 Å². The maximum atomic E-state index is 8.81. The summed E-state index contributed by atoms with van der Waals surface area (Å²) in [6.45, 7) is 3.00. The van der Waals surface area contributed by atoms with Gasteiger partial charge in [-0.1, -0.05) is 0 Å². The van der Waals surface area contributed by atoms with E-state index in [4.69, 9.17) is 21.3 Å². The quantitative estimate of drug-likeness (QED) is 0.505. The van der Waals surface area contributed by atoms with Gasteiger partial charge in [0.25, 0.3) is 0 Å².